The van der Waals surface area contributed by atoms with E-state index in [-0.39, 0.29) is 12.1 Å². The Labute approximate surface area is 107 Å². The third-order valence-electron chi connectivity index (χ3n) is 3.94. The maximum absolute atomic E-state index is 12.0. The summed E-state index contributed by atoms with van der Waals surface area (Å²) in [7, 11) is 1.47. The molecule has 0 bridgehead atoms. The predicted octanol–water partition coefficient (Wildman–Crippen LogP) is 1.47. The Morgan fingerprint density at radius 1 is 1.33 bits per heavy atom. The molecular formula is C14H18N2O2. The van der Waals surface area contributed by atoms with Crippen LogP contribution < -0.4 is 4.90 Å². The van der Waals surface area contributed by atoms with E-state index < -0.39 is 0 Å². The van der Waals surface area contributed by atoms with Crippen LogP contribution in [0.15, 0.2) is 30.3 Å². The van der Waals surface area contributed by atoms with Crippen molar-refractivity contribution in [3.63, 3.8) is 0 Å². The van der Waals surface area contributed by atoms with Gasteiger partial charge >= 0.3 is 5.97 Å². The minimum Gasteiger partial charge on any atom is -0.466 e. The van der Waals surface area contributed by atoms with Crippen LogP contribution in [-0.2, 0) is 9.53 Å². The number of ether oxygens (including phenoxy) is 1. The van der Waals surface area contributed by atoms with Crippen molar-refractivity contribution in [1.82, 2.24) is 4.90 Å². The van der Waals surface area contributed by atoms with E-state index in [1.54, 1.807) is 0 Å². The number of methoxy groups -OCH3 is 1. The van der Waals surface area contributed by atoms with E-state index in [1.807, 2.05) is 18.2 Å². The largest absolute Gasteiger partial charge is 0.466 e. The third kappa shape index (κ3) is 1.77. The number of esters is 1. The Morgan fingerprint density at radius 3 is 2.83 bits per heavy atom. The minimum absolute atomic E-state index is 0.150. The van der Waals surface area contributed by atoms with Crippen molar-refractivity contribution in [3.05, 3.63) is 30.3 Å². The number of hydrogen-bond donors (Lipinski definition) is 0. The minimum atomic E-state index is -0.245. The first-order chi connectivity index (χ1) is 8.81. The molecule has 2 fully saturated rings. The van der Waals surface area contributed by atoms with E-state index in [9.17, 15) is 4.79 Å². The molecule has 2 aliphatic heterocycles. The number of carbonyl (C=O) groups excluding carboxylic acids is 1. The Hall–Kier alpha value is -1.55. The van der Waals surface area contributed by atoms with E-state index in [0.717, 1.165) is 18.8 Å². The number of fused-ring (bicyclic) bond motifs is 1. The zero-order chi connectivity index (χ0) is 12.5. The van der Waals surface area contributed by atoms with Gasteiger partial charge in [0.25, 0.3) is 0 Å². The summed E-state index contributed by atoms with van der Waals surface area (Å²) in [5, 5.41) is 0. The molecule has 0 N–H and O–H groups in total. The quantitative estimate of drug-likeness (QED) is 0.740. The molecule has 1 aromatic rings. The van der Waals surface area contributed by atoms with E-state index in [0.29, 0.717) is 6.04 Å². The second kappa shape index (κ2) is 4.61. The molecule has 3 rings (SSSR count). The molecule has 4 nitrogen and oxygen atoms in total. The summed E-state index contributed by atoms with van der Waals surface area (Å²) in [4.78, 5) is 16.5. The van der Waals surface area contributed by atoms with Gasteiger partial charge < -0.3 is 9.64 Å². The Bertz CT molecular complexity index is 435. The smallest absolute Gasteiger partial charge is 0.343 e. The zero-order valence-electron chi connectivity index (χ0n) is 10.6. The standard InChI is InChI=1S/C14H18N2O2/c1-18-14(17)13-15-9-5-8-12(15)10-16(13)11-6-3-2-4-7-11/h2-4,6-7,12-13H,5,8-10H2,1H3/t12-,13-/m0/s1. The average molecular weight is 246 g/mol. The van der Waals surface area contributed by atoms with Crippen molar-refractivity contribution in [2.45, 2.75) is 25.0 Å². The van der Waals surface area contributed by atoms with Crippen LogP contribution in [0.4, 0.5) is 5.69 Å². The van der Waals surface area contributed by atoms with Gasteiger partial charge in [-0.1, -0.05) is 18.2 Å². The zero-order valence-corrected chi connectivity index (χ0v) is 10.6. The number of hydrogen-bond acceptors (Lipinski definition) is 4. The summed E-state index contributed by atoms with van der Waals surface area (Å²) < 4.78 is 4.97. The molecule has 2 heterocycles. The lowest BCUT2D eigenvalue weighted by Gasteiger charge is -2.28. The maximum atomic E-state index is 12.0. The molecule has 0 radical (unpaired) electrons. The van der Waals surface area contributed by atoms with Gasteiger partial charge in [0.05, 0.1) is 7.11 Å². The van der Waals surface area contributed by atoms with Crippen molar-refractivity contribution in [1.29, 1.82) is 0 Å². The van der Waals surface area contributed by atoms with E-state index in [1.165, 1.54) is 20.0 Å². The molecule has 2 atom stereocenters. The van der Waals surface area contributed by atoms with Crippen molar-refractivity contribution in [2.24, 2.45) is 0 Å². The second-order valence-corrected chi connectivity index (χ2v) is 4.92. The topological polar surface area (TPSA) is 32.8 Å². The summed E-state index contributed by atoms with van der Waals surface area (Å²) in [5.74, 6) is -0.150. The molecule has 0 saturated carbocycles. The molecule has 0 aliphatic carbocycles. The van der Waals surface area contributed by atoms with Gasteiger partial charge in [0.1, 0.15) is 0 Å². The first-order valence-electron chi connectivity index (χ1n) is 6.46. The van der Waals surface area contributed by atoms with Crippen LogP contribution in [0.1, 0.15) is 12.8 Å². The molecule has 2 saturated heterocycles. The van der Waals surface area contributed by atoms with Crippen molar-refractivity contribution >= 4 is 11.7 Å². The fraction of sp³-hybridized carbons (Fsp3) is 0.500. The number of anilines is 1. The first-order valence-corrected chi connectivity index (χ1v) is 6.46. The number of nitrogens with zero attached hydrogens (tertiary/aromatic N) is 2. The van der Waals surface area contributed by atoms with Crippen LogP contribution in [0.3, 0.4) is 0 Å². The highest BCUT2D eigenvalue weighted by molar-refractivity contribution is 5.80. The SMILES string of the molecule is COC(=O)[C@@H]1N(c2ccccc2)C[C@@H]2CCCN21. The van der Waals surface area contributed by atoms with Crippen LogP contribution in [0, 0.1) is 0 Å². The molecule has 1 aromatic carbocycles. The lowest BCUT2D eigenvalue weighted by Crippen LogP contribution is -2.46. The maximum Gasteiger partial charge on any atom is 0.343 e. The Kier molecular flexibility index (Phi) is 2.96. The highest BCUT2D eigenvalue weighted by Gasteiger charge is 2.46. The lowest BCUT2D eigenvalue weighted by atomic mass is 10.2. The van der Waals surface area contributed by atoms with Crippen LogP contribution >= 0.6 is 0 Å². The summed E-state index contributed by atoms with van der Waals surface area (Å²) in [6.45, 7) is 1.91. The first kappa shape index (κ1) is 11.5. The number of benzene rings is 1. The molecule has 2 aliphatic rings. The third-order valence-corrected chi connectivity index (χ3v) is 3.94. The van der Waals surface area contributed by atoms with Crippen LogP contribution in [0.25, 0.3) is 0 Å². The summed E-state index contributed by atoms with van der Waals surface area (Å²) in [6, 6.07) is 10.6. The van der Waals surface area contributed by atoms with Crippen molar-refractivity contribution in [2.75, 3.05) is 25.1 Å². The summed E-state index contributed by atoms with van der Waals surface area (Å²) in [5.41, 5.74) is 1.10. The molecule has 18 heavy (non-hydrogen) atoms. The van der Waals surface area contributed by atoms with Crippen molar-refractivity contribution in [3.8, 4) is 0 Å². The van der Waals surface area contributed by atoms with Gasteiger partial charge in [-0.3, -0.25) is 4.90 Å². The molecule has 4 heteroatoms. The Balaban J connectivity index is 1.91. The predicted molar refractivity (Wildman–Crippen MR) is 69.3 cm³/mol. The second-order valence-electron chi connectivity index (χ2n) is 4.92. The number of rotatable bonds is 2. The fourth-order valence-corrected chi connectivity index (χ4v) is 3.12. The molecular weight excluding hydrogens is 228 g/mol. The van der Waals surface area contributed by atoms with Gasteiger partial charge in [-0.2, -0.15) is 0 Å². The van der Waals surface area contributed by atoms with Gasteiger partial charge in [-0.15, -0.1) is 0 Å². The summed E-state index contributed by atoms with van der Waals surface area (Å²) in [6.07, 6.45) is 2.11. The molecule has 0 spiro atoms. The van der Waals surface area contributed by atoms with Crippen LogP contribution in [-0.4, -0.2) is 43.3 Å². The highest BCUT2D eigenvalue weighted by Crippen LogP contribution is 2.33. The van der Waals surface area contributed by atoms with E-state index in [2.05, 4.69) is 21.9 Å². The highest BCUT2D eigenvalue weighted by atomic mass is 16.5. The summed E-state index contributed by atoms with van der Waals surface area (Å²) >= 11 is 0. The fourth-order valence-electron chi connectivity index (χ4n) is 3.12. The van der Waals surface area contributed by atoms with Gasteiger partial charge in [0.2, 0.25) is 0 Å². The molecule has 0 aromatic heterocycles. The van der Waals surface area contributed by atoms with Gasteiger partial charge in [-0.05, 0) is 25.0 Å². The van der Waals surface area contributed by atoms with Crippen LogP contribution in [0.5, 0.6) is 0 Å². The Morgan fingerprint density at radius 2 is 2.11 bits per heavy atom. The van der Waals surface area contributed by atoms with Gasteiger partial charge in [0, 0.05) is 24.8 Å². The van der Waals surface area contributed by atoms with E-state index in [4.69, 9.17) is 4.74 Å². The normalized spacial score (nSPS) is 27.3. The van der Waals surface area contributed by atoms with Crippen LogP contribution in [0.2, 0.25) is 0 Å². The molecule has 0 unspecified atom stereocenters. The van der Waals surface area contributed by atoms with Gasteiger partial charge in [0.15, 0.2) is 6.17 Å². The molecule has 0 amide bonds. The number of para-hydroxylation sites is 1. The van der Waals surface area contributed by atoms with E-state index >= 15 is 0 Å². The average Bonchev–Trinajstić information content (AvgIpc) is 2.98. The number of carbonyl (C=O) groups is 1. The lowest BCUT2D eigenvalue weighted by molar-refractivity contribution is -0.145. The monoisotopic (exact) mass is 246 g/mol. The van der Waals surface area contributed by atoms with Gasteiger partial charge in [-0.25, -0.2) is 4.79 Å². The molecule has 96 valence electrons. The van der Waals surface area contributed by atoms with Crippen molar-refractivity contribution < 1.29 is 9.53 Å².